The maximum Gasteiger partial charge on any atom is 0.586 e. The molecule has 2 aromatic carbocycles. The van der Waals surface area contributed by atoms with Crippen LogP contribution in [0.4, 0.5) is 14.5 Å². The standard InChI is InChI=1S/C22H16F2N2O5/c23-22(24)30-17-8-7-15(11-19(17)31-22)25-20(27)16-10-13-4-1-2-5-14(13)12-26(16)21(28)18-6-3-9-29-18/h1-9,11,16H,10,12H2,(H,25,27). The highest BCUT2D eigenvalue weighted by Crippen LogP contribution is 2.42. The molecule has 9 heteroatoms. The molecule has 0 saturated heterocycles. The fourth-order valence-corrected chi connectivity index (χ4v) is 3.76. The highest BCUT2D eigenvalue weighted by molar-refractivity contribution is 6.00. The monoisotopic (exact) mass is 426 g/mol. The van der Waals surface area contributed by atoms with Crippen LogP contribution >= 0.6 is 0 Å². The van der Waals surface area contributed by atoms with Gasteiger partial charge in [0.1, 0.15) is 6.04 Å². The third-order valence-corrected chi connectivity index (χ3v) is 5.21. The molecule has 1 N–H and O–H groups in total. The predicted octanol–water partition coefficient (Wildman–Crippen LogP) is 3.81. The van der Waals surface area contributed by atoms with Crippen molar-refractivity contribution in [2.24, 2.45) is 0 Å². The number of halogens is 2. The summed E-state index contributed by atoms with van der Waals surface area (Å²) in [6.07, 6.45) is -2.05. The van der Waals surface area contributed by atoms with Crippen molar-refractivity contribution in [3.63, 3.8) is 0 Å². The minimum atomic E-state index is -3.75. The molecule has 1 atom stereocenters. The topological polar surface area (TPSA) is 81.0 Å². The molecule has 0 bridgehead atoms. The van der Waals surface area contributed by atoms with E-state index in [-0.39, 0.29) is 29.5 Å². The average molecular weight is 426 g/mol. The number of hydrogen-bond acceptors (Lipinski definition) is 5. The summed E-state index contributed by atoms with van der Waals surface area (Å²) in [6, 6.07) is 13.8. The predicted molar refractivity (Wildman–Crippen MR) is 104 cm³/mol. The molecule has 0 saturated carbocycles. The number of carbonyl (C=O) groups excluding carboxylic acids is 2. The van der Waals surface area contributed by atoms with Gasteiger partial charge in [0.25, 0.3) is 5.91 Å². The van der Waals surface area contributed by atoms with E-state index in [4.69, 9.17) is 4.42 Å². The first kappa shape index (κ1) is 19.1. The summed E-state index contributed by atoms with van der Waals surface area (Å²) < 4.78 is 40.5. The van der Waals surface area contributed by atoms with E-state index in [0.29, 0.717) is 6.42 Å². The van der Waals surface area contributed by atoms with Crippen molar-refractivity contribution < 1.29 is 32.3 Å². The normalized spacial score (nSPS) is 18.4. The summed E-state index contributed by atoms with van der Waals surface area (Å²) in [5.41, 5.74) is 2.14. The average Bonchev–Trinajstić information content (AvgIpc) is 3.38. The lowest BCUT2D eigenvalue weighted by Gasteiger charge is -2.35. The van der Waals surface area contributed by atoms with Crippen LogP contribution in [0, 0.1) is 0 Å². The number of alkyl halides is 2. The fourth-order valence-electron chi connectivity index (χ4n) is 3.76. The first-order chi connectivity index (χ1) is 14.9. The van der Waals surface area contributed by atoms with Crippen LogP contribution in [0.25, 0.3) is 0 Å². The van der Waals surface area contributed by atoms with Gasteiger partial charge in [0.15, 0.2) is 17.3 Å². The van der Waals surface area contributed by atoms with E-state index in [1.807, 2.05) is 24.3 Å². The Bertz CT molecular complexity index is 1160. The zero-order valence-electron chi connectivity index (χ0n) is 16.0. The van der Waals surface area contributed by atoms with Crippen molar-refractivity contribution in [3.05, 3.63) is 77.7 Å². The van der Waals surface area contributed by atoms with Crippen LogP contribution in [0.1, 0.15) is 21.7 Å². The van der Waals surface area contributed by atoms with Crippen LogP contribution in [-0.4, -0.2) is 29.1 Å². The Balaban J connectivity index is 1.41. The molecule has 1 aromatic heterocycles. The molecule has 0 aliphatic carbocycles. The lowest BCUT2D eigenvalue weighted by atomic mass is 9.93. The molecule has 3 aromatic rings. The van der Waals surface area contributed by atoms with Gasteiger partial charge in [-0.1, -0.05) is 24.3 Å². The number of nitrogens with zero attached hydrogens (tertiary/aromatic N) is 1. The Morgan fingerprint density at radius 3 is 2.55 bits per heavy atom. The summed E-state index contributed by atoms with van der Waals surface area (Å²) in [4.78, 5) is 27.6. The first-order valence-corrected chi connectivity index (χ1v) is 9.52. The summed E-state index contributed by atoms with van der Waals surface area (Å²) in [6.45, 7) is 0.237. The SMILES string of the molecule is O=C(Nc1ccc2c(c1)OC(F)(F)O2)C1Cc2ccccc2CN1C(=O)c1ccco1. The lowest BCUT2D eigenvalue weighted by molar-refractivity contribution is -0.286. The third-order valence-electron chi connectivity index (χ3n) is 5.21. The van der Waals surface area contributed by atoms with Gasteiger partial charge in [-0.25, -0.2) is 0 Å². The van der Waals surface area contributed by atoms with E-state index in [9.17, 15) is 18.4 Å². The van der Waals surface area contributed by atoms with Crippen LogP contribution in [0.15, 0.2) is 65.3 Å². The van der Waals surface area contributed by atoms with E-state index >= 15 is 0 Å². The molecule has 2 aliphatic rings. The molecule has 1 unspecified atom stereocenters. The summed E-state index contributed by atoms with van der Waals surface area (Å²) >= 11 is 0. The minimum Gasteiger partial charge on any atom is -0.459 e. The molecule has 0 fully saturated rings. The number of amides is 2. The molecule has 3 heterocycles. The Kier molecular flexibility index (Phi) is 4.39. The van der Waals surface area contributed by atoms with Crippen LogP contribution in [0.3, 0.4) is 0 Å². The maximum atomic E-state index is 13.3. The number of benzene rings is 2. The Hall–Kier alpha value is -3.88. The van der Waals surface area contributed by atoms with Gasteiger partial charge in [0.05, 0.1) is 6.26 Å². The van der Waals surface area contributed by atoms with Gasteiger partial charge >= 0.3 is 6.29 Å². The number of nitrogens with one attached hydrogen (secondary N) is 1. The molecular weight excluding hydrogens is 410 g/mol. The van der Waals surface area contributed by atoms with Gasteiger partial charge in [0, 0.05) is 24.7 Å². The van der Waals surface area contributed by atoms with Gasteiger partial charge in [-0.15, -0.1) is 8.78 Å². The second-order valence-corrected chi connectivity index (χ2v) is 7.22. The number of anilines is 1. The molecule has 2 amide bonds. The molecule has 0 radical (unpaired) electrons. The van der Waals surface area contributed by atoms with Gasteiger partial charge in [-0.3, -0.25) is 9.59 Å². The zero-order valence-corrected chi connectivity index (χ0v) is 16.0. The second kappa shape index (κ2) is 7.12. The smallest absolute Gasteiger partial charge is 0.459 e. The van der Waals surface area contributed by atoms with Gasteiger partial charge < -0.3 is 24.1 Å². The van der Waals surface area contributed by atoms with E-state index < -0.39 is 24.2 Å². The molecular formula is C22H16F2N2O5. The van der Waals surface area contributed by atoms with E-state index in [2.05, 4.69) is 14.8 Å². The highest BCUT2D eigenvalue weighted by atomic mass is 19.3. The van der Waals surface area contributed by atoms with E-state index in [0.717, 1.165) is 11.1 Å². The summed E-state index contributed by atoms with van der Waals surface area (Å²) in [5, 5.41) is 2.69. The molecule has 158 valence electrons. The fraction of sp³-hybridized carbons (Fsp3) is 0.182. The molecule has 0 spiro atoms. The number of hydrogen-bond donors (Lipinski definition) is 1. The van der Waals surface area contributed by atoms with Crippen LogP contribution in [0.2, 0.25) is 0 Å². The maximum absolute atomic E-state index is 13.3. The largest absolute Gasteiger partial charge is 0.586 e. The summed E-state index contributed by atoms with van der Waals surface area (Å²) in [5.74, 6) is -1.04. The van der Waals surface area contributed by atoms with Crippen LogP contribution < -0.4 is 14.8 Å². The van der Waals surface area contributed by atoms with Crippen molar-refractivity contribution >= 4 is 17.5 Å². The van der Waals surface area contributed by atoms with Gasteiger partial charge in [0.2, 0.25) is 5.91 Å². The van der Waals surface area contributed by atoms with Crippen LogP contribution in [0.5, 0.6) is 11.5 Å². The van der Waals surface area contributed by atoms with Crippen molar-refractivity contribution in [2.75, 3.05) is 5.32 Å². The zero-order chi connectivity index (χ0) is 21.6. The molecule has 2 aliphatic heterocycles. The quantitative estimate of drug-likeness (QED) is 0.689. The van der Waals surface area contributed by atoms with E-state index in [1.165, 1.54) is 35.4 Å². The van der Waals surface area contributed by atoms with Crippen molar-refractivity contribution in [1.29, 1.82) is 0 Å². The minimum absolute atomic E-state index is 0.121. The van der Waals surface area contributed by atoms with Gasteiger partial charge in [-0.05, 0) is 35.4 Å². The molecule has 31 heavy (non-hydrogen) atoms. The highest BCUT2D eigenvalue weighted by Gasteiger charge is 2.43. The van der Waals surface area contributed by atoms with Crippen molar-refractivity contribution in [3.8, 4) is 11.5 Å². The third kappa shape index (κ3) is 3.58. The van der Waals surface area contributed by atoms with Crippen molar-refractivity contribution in [2.45, 2.75) is 25.3 Å². The number of rotatable bonds is 3. The molecule has 7 nitrogen and oxygen atoms in total. The number of ether oxygens (including phenoxy) is 2. The van der Waals surface area contributed by atoms with Crippen molar-refractivity contribution in [1.82, 2.24) is 4.90 Å². The number of carbonyl (C=O) groups is 2. The second-order valence-electron chi connectivity index (χ2n) is 7.22. The number of furan rings is 1. The summed E-state index contributed by atoms with van der Waals surface area (Å²) in [7, 11) is 0. The molecule has 5 rings (SSSR count). The van der Waals surface area contributed by atoms with Crippen LogP contribution in [-0.2, 0) is 17.8 Å². The lowest BCUT2D eigenvalue weighted by Crippen LogP contribution is -2.50. The van der Waals surface area contributed by atoms with Gasteiger partial charge in [-0.2, -0.15) is 0 Å². The van der Waals surface area contributed by atoms with E-state index in [1.54, 1.807) is 6.07 Å². The Morgan fingerprint density at radius 2 is 1.77 bits per heavy atom. The Labute approximate surface area is 175 Å². The first-order valence-electron chi connectivity index (χ1n) is 9.52. The number of fused-ring (bicyclic) bond motifs is 2. The Morgan fingerprint density at radius 1 is 1.00 bits per heavy atom.